The van der Waals surface area contributed by atoms with Crippen molar-refractivity contribution in [2.45, 2.75) is 19.6 Å². The zero-order valence-electron chi connectivity index (χ0n) is 14.4. The summed E-state index contributed by atoms with van der Waals surface area (Å²) in [4.78, 5) is 6.59. The van der Waals surface area contributed by atoms with Gasteiger partial charge in [0.25, 0.3) is 0 Å². The molecule has 25 heavy (non-hydrogen) atoms. The van der Waals surface area contributed by atoms with Crippen LogP contribution in [0.3, 0.4) is 0 Å². The van der Waals surface area contributed by atoms with E-state index in [2.05, 4.69) is 39.3 Å². The van der Waals surface area contributed by atoms with E-state index in [0.717, 1.165) is 30.0 Å². The van der Waals surface area contributed by atoms with Crippen LogP contribution in [-0.2, 0) is 11.3 Å². The maximum Gasteiger partial charge on any atom is 0.223 e. The minimum Gasteiger partial charge on any atom is -0.497 e. The molecule has 0 spiro atoms. The molecule has 2 heterocycles. The predicted octanol–water partition coefficient (Wildman–Crippen LogP) is 3.11. The summed E-state index contributed by atoms with van der Waals surface area (Å²) >= 11 is 0. The Morgan fingerprint density at radius 2 is 2.04 bits per heavy atom. The Labute approximate surface area is 146 Å². The molecule has 0 aliphatic carbocycles. The highest BCUT2D eigenvalue weighted by molar-refractivity contribution is 5.84. The lowest BCUT2D eigenvalue weighted by Gasteiger charge is -2.32. The average Bonchev–Trinajstić information content (AvgIpc) is 3.05. The number of benzene rings is 2. The van der Waals surface area contributed by atoms with Gasteiger partial charge in [0, 0.05) is 20.0 Å². The molecule has 1 aliphatic rings. The SMILES string of the molecule is COc1ccc2cc([C@@H]3CN(Cc4noc(C)n4)CCO3)ccc2c1. The van der Waals surface area contributed by atoms with Gasteiger partial charge >= 0.3 is 0 Å². The van der Waals surface area contributed by atoms with Crippen LogP contribution in [0.1, 0.15) is 23.4 Å². The molecule has 6 nitrogen and oxygen atoms in total. The van der Waals surface area contributed by atoms with E-state index in [1.165, 1.54) is 10.9 Å². The van der Waals surface area contributed by atoms with E-state index in [9.17, 15) is 0 Å². The molecule has 1 aliphatic heterocycles. The maximum absolute atomic E-state index is 6.00. The van der Waals surface area contributed by atoms with Crippen LogP contribution in [0, 0.1) is 6.92 Å². The van der Waals surface area contributed by atoms with Crippen LogP contribution in [0.2, 0.25) is 0 Å². The fourth-order valence-electron chi connectivity index (χ4n) is 3.22. The summed E-state index contributed by atoms with van der Waals surface area (Å²) in [7, 11) is 1.69. The largest absolute Gasteiger partial charge is 0.497 e. The highest BCUT2D eigenvalue weighted by Crippen LogP contribution is 2.28. The number of rotatable bonds is 4. The molecule has 3 aromatic rings. The molecule has 0 amide bonds. The summed E-state index contributed by atoms with van der Waals surface area (Å²) in [5, 5.41) is 6.34. The third-order valence-electron chi connectivity index (χ3n) is 4.53. The lowest BCUT2D eigenvalue weighted by molar-refractivity contribution is -0.0337. The normalized spacial score (nSPS) is 18.6. The van der Waals surface area contributed by atoms with E-state index in [1.807, 2.05) is 19.1 Å². The zero-order valence-corrected chi connectivity index (χ0v) is 14.4. The van der Waals surface area contributed by atoms with Gasteiger partial charge in [-0.3, -0.25) is 4.90 Å². The Kier molecular flexibility index (Phi) is 4.38. The Morgan fingerprint density at radius 3 is 2.84 bits per heavy atom. The van der Waals surface area contributed by atoms with Gasteiger partial charge in [-0.25, -0.2) is 0 Å². The van der Waals surface area contributed by atoms with E-state index >= 15 is 0 Å². The van der Waals surface area contributed by atoms with Gasteiger partial charge in [-0.1, -0.05) is 23.4 Å². The summed E-state index contributed by atoms with van der Waals surface area (Å²) in [5.41, 5.74) is 1.19. The zero-order chi connectivity index (χ0) is 17.2. The summed E-state index contributed by atoms with van der Waals surface area (Å²) in [6, 6.07) is 12.6. The first-order valence-electron chi connectivity index (χ1n) is 8.42. The summed E-state index contributed by atoms with van der Waals surface area (Å²) < 4.78 is 16.3. The lowest BCUT2D eigenvalue weighted by atomic mass is 10.0. The molecule has 0 radical (unpaired) electrons. The van der Waals surface area contributed by atoms with Crippen LogP contribution < -0.4 is 4.74 Å². The first-order chi connectivity index (χ1) is 12.2. The van der Waals surface area contributed by atoms with E-state index in [4.69, 9.17) is 14.0 Å². The van der Waals surface area contributed by atoms with Crippen molar-refractivity contribution in [3.05, 3.63) is 53.7 Å². The molecule has 1 saturated heterocycles. The number of aryl methyl sites for hydroxylation is 1. The minimum absolute atomic E-state index is 0.0493. The van der Waals surface area contributed by atoms with Gasteiger partial charge in [0.15, 0.2) is 5.82 Å². The molecule has 0 bridgehead atoms. The Hall–Kier alpha value is -2.44. The number of aromatic nitrogens is 2. The number of methoxy groups -OCH3 is 1. The first-order valence-corrected chi connectivity index (χ1v) is 8.42. The molecular formula is C19H21N3O3. The third kappa shape index (κ3) is 3.50. The predicted molar refractivity (Wildman–Crippen MR) is 93.5 cm³/mol. The van der Waals surface area contributed by atoms with Crippen molar-refractivity contribution < 1.29 is 14.0 Å². The summed E-state index contributed by atoms with van der Waals surface area (Å²) in [6.45, 7) is 4.87. The summed E-state index contributed by atoms with van der Waals surface area (Å²) in [5.74, 6) is 2.20. The first kappa shape index (κ1) is 16.1. The fraction of sp³-hybridized carbons (Fsp3) is 0.368. The smallest absolute Gasteiger partial charge is 0.223 e. The number of hydrogen-bond acceptors (Lipinski definition) is 6. The highest BCUT2D eigenvalue weighted by Gasteiger charge is 2.23. The van der Waals surface area contributed by atoms with E-state index in [-0.39, 0.29) is 6.10 Å². The van der Waals surface area contributed by atoms with Gasteiger partial charge < -0.3 is 14.0 Å². The second kappa shape index (κ2) is 6.82. The topological polar surface area (TPSA) is 60.6 Å². The molecule has 1 fully saturated rings. The number of nitrogens with zero attached hydrogens (tertiary/aromatic N) is 3. The molecule has 0 saturated carbocycles. The quantitative estimate of drug-likeness (QED) is 0.728. The van der Waals surface area contributed by atoms with Crippen LogP contribution in [-0.4, -0.2) is 41.8 Å². The molecule has 6 heteroatoms. The van der Waals surface area contributed by atoms with E-state index in [0.29, 0.717) is 19.0 Å². The van der Waals surface area contributed by atoms with Crippen molar-refractivity contribution in [3.63, 3.8) is 0 Å². The molecule has 0 N–H and O–H groups in total. The highest BCUT2D eigenvalue weighted by atomic mass is 16.5. The van der Waals surface area contributed by atoms with Crippen molar-refractivity contribution in [1.82, 2.24) is 15.0 Å². The minimum atomic E-state index is 0.0493. The van der Waals surface area contributed by atoms with Crippen LogP contribution in [0.15, 0.2) is 40.9 Å². The van der Waals surface area contributed by atoms with Gasteiger partial charge in [-0.05, 0) is 34.5 Å². The number of morpholine rings is 1. The second-order valence-electron chi connectivity index (χ2n) is 6.30. The fourth-order valence-corrected chi connectivity index (χ4v) is 3.22. The number of ether oxygens (including phenoxy) is 2. The van der Waals surface area contributed by atoms with Crippen molar-refractivity contribution in [2.75, 3.05) is 26.8 Å². The van der Waals surface area contributed by atoms with E-state index in [1.54, 1.807) is 7.11 Å². The number of fused-ring (bicyclic) bond motifs is 1. The van der Waals surface area contributed by atoms with Gasteiger partial charge in [0.1, 0.15) is 5.75 Å². The summed E-state index contributed by atoms with van der Waals surface area (Å²) in [6.07, 6.45) is 0.0493. The van der Waals surface area contributed by atoms with Crippen LogP contribution >= 0.6 is 0 Å². The lowest BCUT2D eigenvalue weighted by Crippen LogP contribution is -2.38. The van der Waals surface area contributed by atoms with Crippen molar-refractivity contribution in [2.24, 2.45) is 0 Å². The van der Waals surface area contributed by atoms with Crippen molar-refractivity contribution in [3.8, 4) is 5.75 Å². The second-order valence-corrected chi connectivity index (χ2v) is 6.30. The van der Waals surface area contributed by atoms with E-state index < -0.39 is 0 Å². The Balaban J connectivity index is 1.51. The molecule has 130 valence electrons. The number of hydrogen-bond donors (Lipinski definition) is 0. The standard InChI is InChI=1S/C19H21N3O3/c1-13-20-19(21-25-13)12-22-7-8-24-18(11-22)16-4-3-15-10-17(23-2)6-5-14(15)9-16/h3-6,9-10,18H,7-8,11-12H2,1-2H3/t18-/m0/s1. The molecule has 2 aromatic carbocycles. The van der Waals surface area contributed by atoms with Gasteiger partial charge in [0.2, 0.25) is 5.89 Å². The van der Waals surface area contributed by atoms with Gasteiger partial charge in [0.05, 0.1) is 26.4 Å². The third-order valence-corrected chi connectivity index (χ3v) is 4.53. The van der Waals surface area contributed by atoms with Crippen LogP contribution in [0.4, 0.5) is 0 Å². The molecular weight excluding hydrogens is 318 g/mol. The monoisotopic (exact) mass is 339 g/mol. The van der Waals surface area contributed by atoms with Gasteiger partial charge in [-0.15, -0.1) is 0 Å². The molecule has 0 unspecified atom stereocenters. The molecule has 1 atom stereocenters. The van der Waals surface area contributed by atoms with Crippen molar-refractivity contribution in [1.29, 1.82) is 0 Å². The Morgan fingerprint density at radius 1 is 1.20 bits per heavy atom. The van der Waals surface area contributed by atoms with Gasteiger partial charge in [-0.2, -0.15) is 4.98 Å². The average molecular weight is 339 g/mol. The van der Waals surface area contributed by atoms with Crippen LogP contribution in [0.25, 0.3) is 10.8 Å². The molecule has 4 rings (SSSR count). The maximum atomic E-state index is 6.00. The Bertz CT molecular complexity index is 877. The van der Waals surface area contributed by atoms with Crippen molar-refractivity contribution >= 4 is 10.8 Å². The van der Waals surface area contributed by atoms with Crippen LogP contribution in [0.5, 0.6) is 5.75 Å². The molecule has 1 aromatic heterocycles.